The normalized spacial score (nSPS) is 10.8. The molecule has 0 unspecified atom stereocenters. The third-order valence-corrected chi connectivity index (χ3v) is 4.05. The van der Waals surface area contributed by atoms with Crippen LogP contribution in [0.5, 0.6) is 0 Å². The Morgan fingerprint density at radius 3 is 2.39 bits per heavy atom. The van der Waals surface area contributed by atoms with E-state index < -0.39 is 0 Å². The SMILES string of the molecule is CC(C)c1cccc(CSc2ccccc2)c1N. The van der Waals surface area contributed by atoms with E-state index in [9.17, 15) is 0 Å². The Hall–Kier alpha value is -1.41. The molecule has 2 aromatic rings. The molecule has 0 amide bonds. The third-order valence-electron chi connectivity index (χ3n) is 2.99. The maximum atomic E-state index is 6.24. The van der Waals surface area contributed by atoms with Crippen molar-refractivity contribution in [2.24, 2.45) is 0 Å². The van der Waals surface area contributed by atoms with Crippen LogP contribution in [-0.4, -0.2) is 0 Å². The van der Waals surface area contributed by atoms with E-state index in [4.69, 9.17) is 5.73 Å². The van der Waals surface area contributed by atoms with Gasteiger partial charge < -0.3 is 5.73 Å². The van der Waals surface area contributed by atoms with Crippen LogP contribution in [0.3, 0.4) is 0 Å². The molecule has 0 fully saturated rings. The quantitative estimate of drug-likeness (QED) is 0.635. The summed E-state index contributed by atoms with van der Waals surface area (Å²) >= 11 is 1.83. The van der Waals surface area contributed by atoms with Gasteiger partial charge in [0, 0.05) is 16.3 Å². The summed E-state index contributed by atoms with van der Waals surface area (Å²) < 4.78 is 0. The molecule has 0 aliphatic rings. The maximum Gasteiger partial charge on any atom is 0.0390 e. The highest BCUT2D eigenvalue weighted by atomic mass is 32.2. The van der Waals surface area contributed by atoms with Crippen molar-refractivity contribution < 1.29 is 0 Å². The van der Waals surface area contributed by atoms with Crippen molar-refractivity contribution in [1.82, 2.24) is 0 Å². The molecule has 2 heteroatoms. The molecule has 0 atom stereocenters. The van der Waals surface area contributed by atoms with Gasteiger partial charge in [0.25, 0.3) is 0 Å². The van der Waals surface area contributed by atoms with Gasteiger partial charge in [-0.25, -0.2) is 0 Å². The lowest BCUT2D eigenvalue weighted by atomic mass is 9.99. The summed E-state index contributed by atoms with van der Waals surface area (Å²) in [4.78, 5) is 1.28. The number of anilines is 1. The fraction of sp³-hybridized carbons (Fsp3) is 0.250. The molecule has 0 saturated carbocycles. The van der Waals surface area contributed by atoms with E-state index in [0.29, 0.717) is 5.92 Å². The number of para-hydroxylation sites is 1. The van der Waals surface area contributed by atoms with Crippen molar-refractivity contribution >= 4 is 17.4 Å². The van der Waals surface area contributed by atoms with Gasteiger partial charge in [0.15, 0.2) is 0 Å². The van der Waals surface area contributed by atoms with Crippen LogP contribution < -0.4 is 5.73 Å². The molecule has 0 radical (unpaired) electrons. The van der Waals surface area contributed by atoms with Gasteiger partial charge in [0.2, 0.25) is 0 Å². The van der Waals surface area contributed by atoms with E-state index in [0.717, 1.165) is 11.4 Å². The smallest absolute Gasteiger partial charge is 0.0390 e. The largest absolute Gasteiger partial charge is 0.398 e. The van der Waals surface area contributed by atoms with E-state index in [2.05, 4.69) is 56.3 Å². The van der Waals surface area contributed by atoms with E-state index in [1.165, 1.54) is 16.0 Å². The molecule has 0 aliphatic carbocycles. The first-order valence-electron chi connectivity index (χ1n) is 6.23. The third kappa shape index (κ3) is 3.08. The molecule has 94 valence electrons. The maximum absolute atomic E-state index is 6.24. The number of nitrogens with two attached hydrogens (primary N) is 1. The van der Waals surface area contributed by atoms with Gasteiger partial charge in [-0.05, 0) is 29.2 Å². The zero-order valence-corrected chi connectivity index (χ0v) is 11.7. The standard InChI is InChI=1S/C16H19NS/c1-12(2)15-10-6-7-13(16(15)17)11-18-14-8-4-3-5-9-14/h3-10,12H,11,17H2,1-2H3. The van der Waals surface area contributed by atoms with Crippen LogP contribution in [-0.2, 0) is 5.75 Å². The van der Waals surface area contributed by atoms with Crippen LogP contribution in [0.4, 0.5) is 5.69 Å². The van der Waals surface area contributed by atoms with Crippen LogP contribution in [0.25, 0.3) is 0 Å². The molecular formula is C16H19NS. The van der Waals surface area contributed by atoms with Crippen molar-refractivity contribution in [3.8, 4) is 0 Å². The van der Waals surface area contributed by atoms with Crippen molar-refractivity contribution in [1.29, 1.82) is 0 Å². The summed E-state index contributed by atoms with van der Waals surface area (Å²) in [6, 6.07) is 16.8. The highest BCUT2D eigenvalue weighted by Gasteiger charge is 2.08. The molecule has 0 bridgehead atoms. The van der Waals surface area contributed by atoms with Gasteiger partial charge in [0.1, 0.15) is 0 Å². The topological polar surface area (TPSA) is 26.0 Å². The van der Waals surface area contributed by atoms with Crippen LogP contribution in [0.2, 0.25) is 0 Å². The van der Waals surface area contributed by atoms with Crippen LogP contribution >= 0.6 is 11.8 Å². The molecule has 2 aromatic carbocycles. The van der Waals surface area contributed by atoms with Crippen molar-refractivity contribution in [2.75, 3.05) is 5.73 Å². The van der Waals surface area contributed by atoms with E-state index in [1.54, 1.807) is 0 Å². The number of hydrogen-bond acceptors (Lipinski definition) is 2. The lowest BCUT2D eigenvalue weighted by Crippen LogP contribution is -2.00. The summed E-state index contributed by atoms with van der Waals surface area (Å²) in [7, 11) is 0. The highest BCUT2D eigenvalue weighted by Crippen LogP contribution is 2.30. The molecule has 0 spiro atoms. The van der Waals surface area contributed by atoms with Crippen LogP contribution in [0, 0.1) is 0 Å². The van der Waals surface area contributed by atoms with E-state index in [-0.39, 0.29) is 0 Å². The fourth-order valence-corrected chi connectivity index (χ4v) is 2.86. The lowest BCUT2D eigenvalue weighted by Gasteiger charge is -2.13. The average molecular weight is 257 g/mol. The number of benzene rings is 2. The molecule has 0 aromatic heterocycles. The zero-order chi connectivity index (χ0) is 13.0. The van der Waals surface area contributed by atoms with Gasteiger partial charge in [-0.3, -0.25) is 0 Å². The first kappa shape index (κ1) is 13.0. The van der Waals surface area contributed by atoms with Gasteiger partial charge in [-0.2, -0.15) is 0 Å². The van der Waals surface area contributed by atoms with Crippen molar-refractivity contribution in [3.05, 3.63) is 59.7 Å². The minimum atomic E-state index is 0.478. The van der Waals surface area contributed by atoms with Gasteiger partial charge in [-0.1, -0.05) is 50.2 Å². The second kappa shape index (κ2) is 5.96. The second-order valence-corrected chi connectivity index (χ2v) is 5.73. The Bertz CT molecular complexity index is 506. The minimum Gasteiger partial charge on any atom is -0.398 e. The highest BCUT2D eigenvalue weighted by molar-refractivity contribution is 7.98. The van der Waals surface area contributed by atoms with Gasteiger partial charge in [-0.15, -0.1) is 11.8 Å². The van der Waals surface area contributed by atoms with Gasteiger partial charge in [0.05, 0.1) is 0 Å². The summed E-state index contributed by atoms with van der Waals surface area (Å²) in [5.41, 5.74) is 9.67. The number of rotatable bonds is 4. The molecule has 1 nitrogen and oxygen atoms in total. The Morgan fingerprint density at radius 2 is 1.72 bits per heavy atom. The number of hydrogen-bond donors (Lipinski definition) is 1. The molecule has 0 saturated heterocycles. The van der Waals surface area contributed by atoms with E-state index >= 15 is 0 Å². The summed E-state index contributed by atoms with van der Waals surface area (Å²) in [6.45, 7) is 4.36. The van der Waals surface area contributed by atoms with Crippen LogP contribution in [0.15, 0.2) is 53.4 Å². The zero-order valence-electron chi connectivity index (χ0n) is 10.9. The second-order valence-electron chi connectivity index (χ2n) is 4.68. The Kier molecular flexibility index (Phi) is 4.32. The average Bonchev–Trinajstić information content (AvgIpc) is 2.38. The van der Waals surface area contributed by atoms with Gasteiger partial charge >= 0.3 is 0 Å². The molecule has 2 N–H and O–H groups in total. The summed E-state index contributed by atoms with van der Waals surface area (Å²) in [6.07, 6.45) is 0. The fourth-order valence-electron chi connectivity index (χ4n) is 1.94. The summed E-state index contributed by atoms with van der Waals surface area (Å²) in [5.74, 6) is 1.41. The Labute approximate surface area is 113 Å². The van der Waals surface area contributed by atoms with Crippen molar-refractivity contribution in [2.45, 2.75) is 30.4 Å². The number of nitrogen functional groups attached to an aromatic ring is 1. The van der Waals surface area contributed by atoms with Crippen molar-refractivity contribution in [3.63, 3.8) is 0 Å². The molecule has 2 rings (SSSR count). The predicted molar refractivity (Wildman–Crippen MR) is 80.9 cm³/mol. The number of thioether (sulfide) groups is 1. The first-order valence-corrected chi connectivity index (χ1v) is 7.22. The Morgan fingerprint density at radius 1 is 1.00 bits per heavy atom. The monoisotopic (exact) mass is 257 g/mol. The van der Waals surface area contributed by atoms with Crippen LogP contribution in [0.1, 0.15) is 30.9 Å². The lowest BCUT2D eigenvalue weighted by molar-refractivity contribution is 0.868. The minimum absolute atomic E-state index is 0.478. The first-order chi connectivity index (χ1) is 8.68. The molecule has 18 heavy (non-hydrogen) atoms. The Balaban J connectivity index is 2.13. The summed E-state index contributed by atoms with van der Waals surface area (Å²) in [5, 5.41) is 0. The molecule has 0 aliphatic heterocycles. The molecule has 0 heterocycles. The predicted octanol–water partition coefficient (Wildman–Crippen LogP) is 4.68. The van der Waals surface area contributed by atoms with E-state index in [1.807, 2.05) is 17.8 Å². The molecular weight excluding hydrogens is 238 g/mol.